The van der Waals surface area contributed by atoms with Gasteiger partial charge in [0.2, 0.25) is 5.95 Å². The number of fused-ring (bicyclic) bond motifs is 2. The molecule has 2 aromatic carbocycles. The van der Waals surface area contributed by atoms with E-state index in [0.717, 1.165) is 28.7 Å². The maximum atomic E-state index is 12.8. The van der Waals surface area contributed by atoms with Crippen LogP contribution < -0.4 is 16.3 Å². The summed E-state index contributed by atoms with van der Waals surface area (Å²) >= 11 is 0. The Balaban J connectivity index is 1.36. The molecule has 36 heavy (non-hydrogen) atoms. The van der Waals surface area contributed by atoms with Gasteiger partial charge in [-0.2, -0.15) is 0 Å². The summed E-state index contributed by atoms with van der Waals surface area (Å²) in [4.78, 5) is 37.3. The second kappa shape index (κ2) is 9.03. The Morgan fingerprint density at radius 3 is 2.89 bits per heavy atom. The topological polar surface area (TPSA) is 122 Å². The maximum Gasteiger partial charge on any atom is 0.347 e. The summed E-state index contributed by atoms with van der Waals surface area (Å²) in [6.45, 7) is 3.09. The van der Waals surface area contributed by atoms with Gasteiger partial charge < -0.3 is 24.8 Å². The van der Waals surface area contributed by atoms with Gasteiger partial charge in [-0.15, -0.1) is 0 Å². The van der Waals surface area contributed by atoms with Gasteiger partial charge in [0, 0.05) is 64.7 Å². The van der Waals surface area contributed by atoms with Gasteiger partial charge >= 0.3 is 5.63 Å². The summed E-state index contributed by atoms with van der Waals surface area (Å²) in [7, 11) is 0. The number of ketones is 1. The van der Waals surface area contributed by atoms with E-state index in [2.05, 4.69) is 31.7 Å². The number of H-pyrrole nitrogens is 1. The Labute approximate surface area is 205 Å². The third-order valence-electron chi connectivity index (χ3n) is 6.31. The van der Waals surface area contributed by atoms with Crippen LogP contribution in [-0.4, -0.2) is 40.4 Å². The normalized spacial score (nSPS) is 15.9. The van der Waals surface area contributed by atoms with Gasteiger partial charge in [0.25, 0.3) is 0 Å². The minimum atomic E-state index is -0.672. The number of hydrogen-bond acceptors (Lipinski definition) is 8. The van der Waals surface area contributed by atoms with Crippen molar-refractivity contribution in [1.29, 1.82) is 0 Å². The number of Topliss-reactive ketones (excluding diaryl/α,β-unsaturated/α-hetero) is 1. The standard InChI is InChI=1S/C27H23N5O4/c1-15(33)24-25(23-14-28-10-11-35-23)19-4-3-18(13-22(19)36-26(24)34)31-27-30-9-7-21(32-27)16-2-5-20-17(12-16)6-8-29-20/h2-9,12-13,23,28-29H,10-11,14H2,1H3,(H,30,31,32). The molecule has 1 aliphatic heterocycles. The van der Waals surface area contributed by atoms with E-state index in [1.807, 2.05) is 42.6 Å². The van der Waals surface area contributed by atoms with Crippen LogP contribution in [-0.2, 0) is 4.74 Å². The van der Waals surface area contributed by atoms with Crippen molar-refractivity contribution in [3.63, 3.8) is 0 Å². The first-order valence-electron chi connectivity index (χ1n) is 11.7. The summed E-state index contributed by atoms with van der Waals surface area (Å²) in [5, 5.41) is 8.21. The number of anilines is 2. The van der Waals surface area contributed by atoms with Gasteiger partial charge in [0.1, 0.15) is 11.1 Å². The van der Waals surface area contributed by atoms with Crippen molar-refractivity contribution < 1.29 is 13.9 Å². The van der Waals surface area contributed by atoms with Crippen LogP contribution in [0.25, 0.3) is 33.1 Å². The highest BCUT2D eigenvalue weighted by Gasteiger charge is 2.27. The molecule has 9 heteroatoms. The minimum absolute atomic E-state index is 0.0346. The molecule has 3 aromatic heterocycles. The first-order valence-corrected chi connectivity index (χ1v) is 11.7. The van der Waals surface area contributed by atoms with Crippen LogP contribution in [0.2, 0.25) is 0 Å². The second-order valence-electron chi connectivity index (χ2n) is 8.68. The van der Waals surface area contributed by atoms with Crippen LogP contribution in [0, 0.1) is 0 Å². The molecular weight excluding hydrogens is 458 g/mol. The molecule has 0 amide bonds. The molecule has 0 bridgehead atoms. The van der Waals surface area contributed by atoms with E-state index < -0.39 is 11.7 Å². The van der Waals surface area contributed by atoms with E-state index in [-0.39, 0.29) is 11.3 Å². The molecule has 0 radical (unpaired) electrons. The van der Waals surface area contributed by atoms with Crippen LogP contribution in [0.1, 0.15) is 28.9 Å². The van der Waals surface area contributed by atoms with Gasteiger partial charge in [0.15, 0.2) is 5.78 Å². The predicted octanol–water partition coefficient (Wildman–Crippen LogP) is 4.34. The lowest BCUT2D eigenvalue weighted by molar-refractivity contribution is 0.0277. The number of carbonyl (C=O) groups is 1. The molecule has 0 aliphatic carbocycles. The summed E-state index contributed by atoms with van der Waals surface area (Å²) in [6.07, 6.45) is 3.18. The smallest absolute Gasteiger partial charge is 0.347 e. The largest absolute Gasteiger partial charge is 0.422 e. The molecular formula is C27H23N5O4. The SMILES string of the molecule is CC(=O)c1c(C2CNCCO2)c2ccc(Nc3nccc(-c4ccc5[nH]ccc5c4)n3)cc2oc1=O. The van der Waals surface area contributed by atoms with Crippen molar-refractivity contribution in [3.05, 3.63) is 82.5 Å². The monoisotopic (exact) mass is 481 g/mol. The van der Waals surface area contributed by atoms with Gasteiger partial charge in [-0.25, -0.2) is 14.8 Å². The molecule has 180 valence electrons. The Morgan fingerprint density at radius 1 is 1.14 bits per heavy atom. The second-order valence-corrected chi connectivity index (χ2v) is 8.68. The molecule has 5 aromatic rings. The fourth-order valence-electron chi connectivity index (χ4n) is 4.64. The van der Waals surface area contributed by atoms with E-state index in [0.29, 0.717) is 41.3 Å². The number of hydrogen-bond donors (Lipinski definition) is 3. The number of carbonyl (C=O) groups excluding carboxylic acids is 1. The van der Waals surface area contributed by atoms with Crippen LogP contribution in [0.5, 0.6) is 0 Å². The van der Waals surface area contributed by atoms with Gasteiger partial charge in [-0.3, -0.25) is 4.79 Å². The zero-order valence-corrected chi connectivity index (χ0v) is 19.5. The van der Waals surface area contributed by atoms with Crippen molar-refractivity contribution in [1.82, 2.24) is 20.3 Å². The third kappa shape index (κ3) is 4.04. The maximum absolute atomic E-state index is 12.8. The fourth-order valence-corrected chi connectivity index (χ4v) is 4.64. The van der Waals surface area contributed by atoms with E-state index in [1.54, 1.807) is 12.3 Å². The average molecular weight is 482 g/mol. The van der Waals surface area contributed by atoms with Crippen LogP contribution >= 0.6 is 0 Å². The molecule has 1 unspecified atom stereocenters. The molecule has 1 saturated heterocycles. The molecule has 0 spiro atoms. The van der Waals surface area contributed by atoms with Crippen molar-refractivity contribution in [2.75, 3.05) is 25.0 Å². The van der Waals surface area contributed by atoms with E-state index >= 15 is 0 Å². The highest BCUT2D eigenvalue weighted by atomic mass is 16.5. The minimum Gasteiger partial charge on any atom is -0.422 e. The molecule has 1 atom stereocenters. The lowest BCUT2D eigenvalue weighted by Crippen LogP contribution is -2.35. The number of nitrogens with one attached hydrogen (secondary N) is 3. The number of morpholine rings is 1. The summed E-state index contributed by atoms with van der Waals surface area (Å²) in [5.41, 5.74) is 3.73. The first kappa shape index (κ1) is 22.1. The number of nitrogens with zero attached hydrogens (tertiary/aromatic N) is 2. The quantitative estimate of drug-likeness (QED) is 0.250. The van der Waals surface area contributed by atoms with Crippen LogP contribution in [0.3, 0.4) is 0 Å². The lowest BCUT2D eigenvalue weighted by atomic mass is 9.96. The molecule has 3 N–H and O–H groups in total. The molecule has 1 aliphatic rings. The predicted molar refractivity (Wildman–Crippen MR) is 137 cm³/mol. The van der Waals surface area contributed by atoms with Crippen LogP contribution in [0.15, 0.2) is 70.1 Å². The molecule has 6 rings (SSSR count). The van der Waals surface area contributed by atoms with Gasteiger partial charge in [-0.1, -0.05) is 6.07 Å². The molecule has 0 saturated carbocycles. The Bertz CT molecular complexity index is 1670. The zero-order chi connectivity index (χ0) is 24.6. The Hall–Kier alpha value is -4.34. The highest BCUT2D eigenvalue weighted by molar-refractivity contribution is 6.00. The van der Waals surface area contributed by atoms with E-state index in [9.17, 15) is 9.59 Å². The van der Waals surface area contributed by atoms with Crippen molar-refractivity contribution in [3.8, 4) is 11.3 Å². The number of aromatic nitrogens is 3. The zero-order valence-electron chi connectivity index (χ0n) is 19.5. The van der Waals surface area contributed by atoms with E-state index in [4.69, 9.17) is 9.15 Å². The van der Waals surface area contributed by atoms with E-state index in [1.165, 1.54) is 6.92 Å². The lowest BCUT2D eigenvalue weighted by Gasteiger charge is -2.26. The number of benzene rings is 2. The van der Waals surface area contributed by atoms with Crippen molar-refractivity contribution >= 4 is 39.3 Å². The van der Waals surface area contributed by atoms with Crippen LogP contribution in [0.4, 0.5) is 11.6 Å². The Morgan fingerprint density at radius 2 is 2.06 bits per heavy atom. The first-order chi connectivity index (χ1) is 17.6. The number of rotatable bonds is 5. The fraction of sp³-hybridized carbons (Fsp3) is 0.185. The number of aromatic amines is 1. The Kier molecular flexibility index (Phi) is 5.55. The molecule has 4 heterocycles. The van der Waals surface area contributed by atoms with Gasteiger partial charge in [0.05, 0.1) is 18.4 Å². The molecule has 1 fully saturated rings. The average Bonchev–Trinajstić information content (AvgIpc) is 3.36. The summed E-state index contributed by atoms with van der Waals surface area (Å²) < 4.78 is 11.4. The molecule has 9 nitrogen and oxygen atoms in total. The third-order valence-corrected chi connectivity index (χ3v) is 6.31. The highest BCUT2D eigenvalue weighted by Crippen LogP contribution is 2.32. The summed E-state index contributed by atoms with van der Waals surface area (Å²) in [5.74, 6) is 0.0591. The van der Waals surface area contributed by atoms with Gasteiger partial charge in [-0.05, 0) is 43.3 Å². The van der Waals surface area contributed by atoms with Crippen molar-refractivity contribution in [2.45, 2.75) is 13.0 Å². The van der Waals surface area contributed by atoms with Crippen molar-refractivity contribution in [2.24, 2.45) is 0 Å². The number of ether oxygens (including phenoxy) is 1. The summed E-state index contributed by atoms with van der Waals surface area (Å²) in [6, 6.07) is 15.3.